The molecule has 5 unspecified atom stereocenters. The van der Waals surface area contributed by atoms with Gasteiger partial charge in [-0.15, -0.1) is 0 Å². The van der Waals surface area contributed by atoms with E-state index < -0.39 is 11.4 Å². The van der Waals surface area contributed by atoms with E-state index in [4.69, 9.17) is 18.9 Å². The summed E-state index contributed by atoms with van der Waals surface area (Å²) < 4.78 is 26.7. The van der Waals surface area contributed by atoms with Crippen molar-refractivity contribution in [2.45, 2.75) is 119 Å². The van der Waals surface area contributed by atoms with Gasteiger partial charge in [0.15, 0.2) is 5.79 Å². The molecule has 8 atom stereocenters. The average molecular weight is 488 g/mol. The Balaban J connectivity index is 1.14. The SMILES string of the molecule is O[C@]12CCC3(OCCO3)[C@@H]3OC4C(OCC5CCCCC5)CCC5CC1N(CC1CC1)CC[C@]32C54. The van der Waals surface area contributed by atoms with Crippen LogP contribution >= 0.6 is 0 Å². The predicted octanol–water partition coefficient (Wildman–Crippen LogP) is 3.89. The third-order valence-corrected chi connectivity index (χ3v) is 12.0. The maximum absolute atomic E-state index is 12.8. The van der Waals surface area contributed by atoms with Crippen LogP contribution in [0.4, 0.5) is 0 Å². The molecule has 0 aromatic rings. The van der Waals surface area contributed by atoms with Crippen molar-refractivity contribution in [2.24, 2.45) is 29.1 Å². The number of nitrogens with zero attached hydrogens (tertiary/aromatic N) is 1. The first-order valence-corrected chi connectivity index (χ1v) is 15.1. The van der Waals surface area contributed by atoms with E-state index in [1.165, 1.54) is 57.9 Å². The molecule has 8 fully saturated rings. The summed E-state index contributed by atoms with van der Waals surface area (Å²) in [6.45, 7) is 4.45. The lowest BCUT2D eigenvalue weighted by Gasteiger charge is -2.69. The number of hydrogen-bond acceptors (Lipinski definition) is 6. The molecule has 8 aliphatic rings. The van der Waals surface area contributed by atoms with E-state index in [1.807, 2.05) is 0 Å². The Labute approximate surface area is 210 Å². The zero-order valence-electron chi connectivity index (χ0n) is 21.4. The zero-order valence-corrected chi connectivity index (χ0v) is 21.4. The summed E-state index contributed by atoms with van der Waals surface area (Å²) in [5, 5.41) is 12.8. The van der Waals surface area contributed by atoms with Gasteiger partial charge in [-0.25, -0.2) is 0 Å². The van der Waals surface area contributed by atoms with Gasteiger partial charge in [-0.3, -0.25) is 4.90 Å². The van der Waals surface area contributed by atoms with Crippen molar-refractivity contribution >= 4 is 0 Å². The third-order valence-electron chi connectivity index (χ3n) is 12.0. The van der Waals surface area contributed by atoms with E-state index in [-0.39, 0.29) is 29.8 Å². The van der Waals surface area contributed by atoms with Crippen LogP contribution in [0.2, 0.25) is 0 Å². The minimum atomic E-state index is -0.702. The molecule has 2 bridgehead atoms. The highest BCUT2D eigenvalue weighted by Gasteiger charge is 2.81. The first kappa shape index (κ1) is 22.7. The number of rotatable bonds is 5. The Hall–Kier alpha value is -0.240. The van der Waals surface area contributed by atoms with Crippen LogP contribution in [-0.2, 0) is 18.9 Å². The van der Waals surface area contributed by atoms with E-state index in [2.05, 4.69) is 4.90 Å². The Morgan fingerprint density at radius 3 is 2.51 bits per heavy atom. The lowest BCUT2D eigenvalue weighted by molar-refractivity contribution is -0.335. The van der Waals surface area contributed by atoms with E-state index in [9.17, 15) is 5.11 Å². The molecule has 35 heavy (non-hydrogen) atoms. The smallest absolute Gasteiger partial charge is 0.195 e. The minimum Gasteiger partial charge on any atom is -0.388 e. The van der Waals surface area contributed by atoms with Crippen molar-refractivity contribution in [3.63, 3.8) is 0 Å². The summed E-state index contributed by atoms with van der Waals surface area (Å²) in [6, 6.07) is 0.265. The maximum atomic E-state index is 12.8. The van der Waals surface area contributed by atoms with Gasteiger partial charge in [-0.1, -0.05) is 19.3 Å². The van der Waals surface area contributed by atoms with E-state index in [1.54, 1.807) is 0 Å². The summed E-state index contributed by atoms with van der Waals surface area (Å²) in [4.78, 5) is 2.70. The largest absolute Gasteiger partial charge is 0.388 e. The Kier molecular flexibility index (Phi) is 5.28. The number of fused-ring (bicyclic) bond motifs is 1. The number of ether oxygens (including phenoxy) is 4. The summed E-state index contributed by atoms with van der Waals surface area (Å²) in [6.07, 6.45) is 15.5. The first-order valence-electron chi connectivity index (χ1n) is 15.1. The molecule has 3 aliphatic heterocycles. The Morgan fingerprint density at radius 1 is 0.886 bits per heavy atom. The maximum Gasteiger partial charge on any atom is 0.195 e. The fraction of sp³-hybridized carbons (Fsp3) is 1.00. The average Bonchev–Trinajstić information content (AvgIpc) is 3.43. The van der Waals surface area contributed by atoms with Crippen molar-refractivity contribution < 1.29 is 24.1 Å². The lowest BCUT2D eigenvalue weighted by atomic mass is 9.42. The molecule has 8 rings (SSSR count). The third kappa shape index (κ3) is 3.16. The quantitative estimate of drug-likeness (QED) is 0.635. The second-order valence-corrected chi connectivity index (χ2v) is 13.6. The summed E-state index contributed by atoms with van der Waals surface area (Å²) in [5.41, 5.74) is -0.965. The van der Waals surface area contributed by atoms with Crippen LogP contribution in [-0.4, -0.2) is 78.7 Å². The Bertz CT molecular complexity index is 822. The molecular formula is C29H45NO5. The lowest BCUT2D eigenvalue weighted by Crippen LogP contribution is -2.79. The van der Waals surface area contributed by atoms with Crippen LogP contribution < -0.4 is 0 Å². The molecule has 196 valence electrons. The molecule has 6 nitrogen and oxygen atoms in total. The van der Waals surface area contributed by atoms with E-state index >= 15 is 0 Å². The van der Waals surface area contributed by atoms with Crippen LogP contribution in [0.5, 0.6) is 0 Å². The Morgan fingerprint density at radius 2 is 1.71 bits per heavy atom. The molecule has 2 spiro atoms. The molecule has 5 aliphatic carbocycles. The normalized spacial score (nSPS) is 51.0. The summed E-state index contributed by atoms with van der Waals surface area (Å²) in [5.74, 6) is 1.89. The van der Waals surface area contributed by atoms with Crippen molar-refractivity contribution in [3.8, 4) is 0 Å². The molecule has 5 saturated carbocycles. The number of aliphatic hydroxyl groups is 1. The van der Waals surface area contributed by atoms with Crippen LogP contribution in [0, 0.1) is 29.1 Å². The van der Waals surface area contributed by atoms with Gasteiger partial charge in [-0.05, 0) is 82.1 Å². The van der Waals surface area contributed by atoms with Gasteiger partial charge in [0, 0.05) is 36.9 Å². The van der Waals surface area contributed by atoms with Gasteiger partial charge < -0.3 is 24.1 Å². The number of likely N-dealkylation sites (tertiary alicyclic amines) is 1. The molecule has 0 amide bonds. The highest BCUT2D eigenvalue weighted by molar-refractivity contribution is 5.29. The minimum absolute atomic E-state index is 0.0765. The molecule has 3 saturated heterocycles. The van der Waals surface area contributed by atoms with Crippen molar-refractivity contribution in [1.82, 2.24) is 4.90 Å². The van der Waals surface area contributed by atoms with Gasteiger partial charge >= 0.3 is 0 Å². The highest BCUT2D eigenvalue weighted by Crippen LogP contribution is 2.72. The molecule has 1 N–H and O–H groups in total. The second-order valence-electron chi connectivity index (χ2n) is 13.6. The standard InChI is InChI=1S/C29H45NO5/c31-28-10-11-29(33-14-15-34-29)26-27(28)12-13-30(17-19-6-7-19)23(28)16-21-8-9-22(25(35-26)24(21)27)32-18-20-4-2-1-3-5-20/h19-26,31H,1-18H2/t21?,22?,23?,24?,25?,26-,27+,28-/m1/s1. The van der Waals surface area contributed by atoms with Gasteiger partial charge in [0.05, 0.1) is 31.0 Å². The molecule has 0 radical (unpaired) electrons. The molecule has 0 aromatic heterocycles. The summed E-state index contributed by atoms with van der Waals surface area (Å²) >= 11 is 0. The van der Waals surface area contributed by atoms with E-state index in [0.717, 1.165) is 57.1 Å². The molecule has 6 heteroatoms. The van der Waals surface area contributed by atoms with Crippen molar-refractivity contribution in [1.29, 1.82) is 0 Å². The van der Waals surface area contributed by atoms with Crippen LogP contribution in [0.25, 0.3) is 0 Å². The zero-order chi connectivity index (χ0) is 23.3. The monoisotopic (exact) mass is 487 g/mol. The van der Waals surface area contributed by atoms with Gasteiger partial charge in [0.2, 0.25) is 0 Å². The fourth-order valence-corrected chi connectivity index (χ4v) is 10.4. The molecule has 0 aromatic carbocycles. The molecule has 3 heterocycles. The second kappa shape index (κ2) is 8.13. The fourth-order valence-electron chi connectivity index (χ4n) is 10.4. The van der Waals surface area contributed by atoms with Gasteiger partial charge in [-0.2, -0.15) is 0 Å². The van der Waals surface area contributed by atoms with Gasteiger partial charge in [0.1, 0.15) is 6.10 Å². The highest BCUT2D eigenvalue weighted by atomic mass is 16.8. The van der Waals surface area contributed by atoms with Gasteiger partial charge in [0.25, 0.3) is 0 Å². The van der Waals surface area contributed by atoms with Crippen molar-refractivity contribution in [2.75, 3.05) is 32.9 Å². The van der Waals surface area contributed by atoms with E-state index in [0.29, 0.717) is 25.0 Å². The molecular weight excluding hydrogens is 442 g/mol. The first-order chi connectivity index (χ1) is 17.1. The van der Waals surface area contributed by atoms with Crippen molar-refractivity contribution in [3.05, 3.63) is 0 Å². The van der Waals surface area contributed by atoms with Crippen LogP contribution in [0.15, 0.2) is 0 Å². The van der Waals surface area contributed by atoms with Crippen LogP contribution in [0.3, 0.4) is 0 Å². The number of piperidine rings is 1. The predicted molar refractivity (Wildman–Crippen MR) is 130 cm³/mol. The topological polar surface area (TPSA) is 60.4 Å². The number of hydrogen-bond donors (Lipinski definition) is 1. The summed E-state index contributed by atoms with van der Waals surface area (Å²) in [7, 11) is 0. The van der Waals surface area contributed by atoms with Crippen LogP contribution in [0.1, 0.15) is 83.5 Å².